The van der Waals surface area contributed by atoms with Crippen molar-refractivity contribution in [1.82, 2.24) is 4.90 Å². The van der Waals surface area contributed by atoms with E-state index in [1.54, 1.807) is 7.11 Å². The quantitative estimate of drug-likeness (QED) is 0.634. The molecule has 3 aliphatic rings. The first-order chi connectivity index (χ1) is 14.3. The lowest BCUT2D eigenvalue weighted by Crippen LogP contribution is -2.53. The molecule has 0 aromatic heterocycles. The van der Waals surface area contributed by atoms with Gasteiger partial charge in [0.25, 0.3) is 0 Å². The van der Waals surface area contributed by atoms with Crippen LogP contribution in [0.5, 0.6) is 5.75 Å². The zero-order chi connectivity index (χ0) is 21.7. The molecule has 2 bridgehead atoms. The van der Waals surface area contributed by atoms with Gasteiger partial charge in [0.05, 0.1) is 18.2 Å². The van der Waals surface area contributed by atoms with Gasteiger partial charge in [0.15, 0.2) is 12.0 Å². The van der Waals surface area contributed by atoms with Gasteiger partial charge in [-0.1, -0.05) is 39.0 Å². The predicted octanol–water partition coefficient (Wildman–Crippen LogP) is 4.78. The number of hydrogen-bond acceptors (Lipinski definition) is 4. The second-order valence-corrected chi connectivity index (χ2v) is 9.36. The molecule has 1 saturated heterocycles. The number of benzene rings is 1. The molecule has 1 amide bonds. The fraction of sp³-hybridized carbons (Fsp3) is 0.600. The Balaban J connectivity index is 1.86. The zero-order valence-corrected chi connectivity index (χ0v) is 18.9. The molecule has 1 spiro atoms. The molecular formula is C25H34N2O3. The Morgan fingerprint density at radius 3 is 2.63 bits per heavy atom. The number of nitrogens with zero attached hydrogens (tertiary/aromatic N) is 2. The summed E-state index contributed by atoms with van der Waals surface area (Å²) in [5.41, 5.74) is 1.03. The average molecular weight is 411 g/mol. The van der Waals surface area contributed by atoms with Crippen molar-refractivity contribution in [3.8, 4) is 5.75 Å². The first-order valence-corrected chi connectivity index (χ1v) is 11.1. The second kappa shape index (κ2) is 7.52. The van der Waals surface area contributed by atoms with Crippen LogP contribution >= 0.6 is 0 Å². The van der Waals surface area contributed by atoms with Gasteiger partial charge in [0.1, 0.15) is 5.75 Å². The van der Waals surface area contributed by atoms with Crippen LogP contribution in [-0.2, 0) is 9.53 Å². The maximum absolute atomic E-state index is 13.9. The van der Waals surface area contributed by atoms with Crippen molar-refractivity contribution in [3.05, 3.63) is 42.5 Å². The number of likely N-dealkylation sites (tertiary alicyclic amines) is 1. The molecular weight excluding hydrogens is 376 g/mol. The Morgan fingerprint density at radius 1 is 1.37 bits per heavy atom. The highest BCUT2D eigenvalue weighted by Crippen LogP contribution is 2.60. The number of fused-ring (bicyclic) bond motifs is 1. The molecule has 2 heterocycles. The van der Waals surface area contributed by atoms with Gasteiger partial charge in [0.2, 0.25) is 5.91 Å². The number of carbonyl (C=O) groups is 1. The molecule has 30 heavy (non-hydrogen) atoms. The van der Waals surface area contributed by atoms with Crippen molar-refractivity contribution < 1.29 is 14.3 Å². The summed E-state index contributed by atoms with van der Waals surface area (Å²) in [4.78, 5) is 20.9. The largest absolute Gasteiger partial charge is 0.497 e. The Labute approximate surface area is 180 Å². The molecule has 0 N–H and O–H groups in total. The first-order valence-electron chi connectivity index (χ1n) is 11.1. The van der Waals surface area contributed by atoms with Crippen LogP contribution < -0.4 is 4.74 Å². The standard InChI is InChI=1S/C25H34N2O3/c1-7-13-24-15-25(27(8-2)23(24)28)21(26-22(30-25)16(3)4)14-20(17(24)5)18-9-11-19(29-6)12-10-18/h7,9-12,16-17,20,22H,1,8,13-15H2,2-6H3/t17-,20+,22-,24+,25+/m1/s1. The fourth-order valence-corrected chi connectivity index (χ4v) is 5.83. The maximum atomic E-state index is 13.9. The normalized spacial score (nSPS) is 35.3. The summed E-state index contributed by atoms with van der Waals surface area (Å²) in [5.74, 6) is 1.62. The smallest absolute Gasteiger partial charge is 0.232 e. The molecule has 0 radical (unpaired) electrons. The predicted molar refractivity (Wildman–Crippen MR) is 119 cm³/mol. The molecule has 2 fully saturated rings. The van der Waals surface area contributed by atoms with E-state index in [0.29, 0.717) is 19.4 Å². The topological polar surface area (TPSA) is 51.1 Å². The Kier molecular flexibility index (Phi) is 5.29. The van der Waals surface area contributed by atoms with Crippen molar-refractivity contribution in [2.75, 3.05) is 13.7 Å². The van der Waals surface area contributed by atoms with Crippen LogP contribution in [0.4, 0.5) is 0 Å². The summed E-state index contributed by atoms with van der Waals surface area (Å²) in [6.07, 6.45) is 3.82. The molecule has 5 nitrogen and oxygen atoms in total. The summed E-state index contributed by atoms with van der Waals surface area (Å²) >= 11 is 0. The van der Waals surface area contributed by atoms with E-state index < -0.39 is 11.1 Å². The molecule has 1 aromatic rings. The van der Waals surface area contributed by atoms with E-state index in [9.17, 15) is 4.79 Å². The minimum Gasteiger partial charge on any atom is -0.497 e. The molecule has 1 saturated carbocycles. The van der Waals surface area contributed by atoms with Crippen LogP contribution in [0.15, 0.2) is 41.9 Å². The molecule has 2 aliphatic heterocycles. The molecule has 5 heteroatoms. The number of ether oxygens (including phenoxy) is 2. The van der Waals surface area contributed by atoms with E-state index in [0.717, 1.165) is 17.9 Å². The Hall–Kier alpha value is -2.14. The van der Waals surface area contributed by atoms with E-state index >= 15 is 0 Å². The summed E-state index contributed by atoms with van der Waals surface area (Å²) in [7, 11) is 1.68. The number of rotatable bonds is 6. The third-order valence-electron chi connectivity index (χ3n) is 7.54. The van der Waals surface area contributed by atoms with Crippen LogP contribution in [0.25, 0.3) is 0 Å². The van der Waals surface area contributed by atoms with Gasteiger partial charge in [-0.25, -0.2) is 0 Å². The SMILES string of the molecule is C=CC[C@]12C[C@@]3(O[C@H](C(C)C)N=C3C[C@H](c3ccc(OC)cc3)[C@H]1C)N(CC)C2=O. The van der Waals surface area contributed by atoms with Crippen molar-refractivity contribution in [2.24, 2.45) is 22.2 Å². The van der Waals surface area contributed by atoms with E-state index in [4.69, 9.17) is 14.5 Å². The lowest BCUT2D eigenvalue weighted by atomic mass is 9.66. The molecule has 0 unspecified atom stereocenters. The van der Waals surface area contributed by atoms with Crippen LogP contribution in [0.1, 0.15) is 58.4 Å². The average Bonchev–Trinajstić information content (AvgIpc) is 3.18. The number of amides is 1. The van der Waals surface area contributed by atoms with Gasteiger partial charge in [0, 0.05) is 18.9 Å². The van der Waals surface area contributed by atoms with Gasteiger partial charge >= 0.3 is 0 Å². The summed E-state index contributed by atoms with van der Waals surface area (Å²) in [6, 6.07) is 8.27. The van der Waals surface area contributed by atoms with Crippen molar-refractivity contribution in [2.45, 2.75) is 64.8 Å². The number of allylic oxidation sites excluding steroid dienone is 1. The van der Waals surface area contributed by atoms with Gasteiger partial charge in [-0.15, -0.1) is 6.58 Å². The van der Waals surface area contributed by atoms with E-state index in [2.05, 4.69) is 39.5 Å². The van der Waals surface area contributed by atoms with Crippen LogP contribution in [0.3, 0.4) is 0 Å². The zero-order valence-electron chi connectivity index (χ0n) is 18.9. The van der Waals surface area contributed by atoms with Crippen molar-refractivity contribution >= 4 is 11.6 Å². The van der Waals surface area contributed by atoms with Crippen LogP contribution in [0.2, 0.25) is 0 Å². The van der Waals surface area contributed by atoms with Gasteiger partial charge in [-0.2, -0.15) is 0 Å². The van der Waals surface area contributed by atoms with Gasteiger partial charge in [-0.05, 0) is 49.3 Å². The summed E-state index contributed by atoms with van der Waals surface area (Å²) < 4.78 is 12.0. The van der Waals surface area contributed by atoms with Crippen LogP contribution in [-0.4, -0.2) is 42.1 Å². The number of hydrogen-bond donors (Lipinski definition) is 0. The van der Waals surface area contributed by atoms with E-state index in [1.165, 1.54) is 5.56 Å². The highest BCUT2D eigenvalue weighted by Gasteiger charge is 2.68. The van der Waals surface area contributed by atoms with Crippen molar-refractivity contribution in [3.63, 3.8) is 0 Å². The monoisotopic (exact) mass is 410 g/mol. The molecule has 1 aromatic carbocycles. The third-order valence-corrected chi connectivity index (χ3v) is 7.54. The van der Waals surface area contributed by atoms with Crippen molar-refractivity contribution in [1.29, 1.82) is 0 Å². The fourth-order valence-electron chi connectivity index (χ4n) is 5.83. The Morgan fingerprint density at radius 2 is 2.07 bits per heavy atom. The number of methoxy groups -OCH3 is 1. The minimum atomic E-state index is -0.709. The summed E-state index contributed by atoms with van der Waals surface area (Å²) in [5, 5.41) is 0. The highest BCUT2D eigenvalue weighted by molar-refractivity contribution is 6.02. The molecule has 4 rings (SSSR count). The summed E-state index contributed by atoms with van der Waals surface area (Å²) in [6.45, 7) is 13.2. The Bertz CT molecular complexity index is 862. The van der Waals surface area contributed by atoms with Gasteiger partial charge in [-0.3, -0.25) is 9.79 Å². The highest BCUT2D eigenvalue weighted by atomic mass is 16.6. The lowest BCUT2D eigenvalue weighted by Gasteiger charge is -2.39. The van der Waals surface area contributed by atoms with Crippen LogP contribution in [0, 0.1) is 17.3 Å². The van der Waals surface area contributed by atoms with E-state index in [1.807, 2.05) is 30.0 Å². The third kappa shape index (κ3) is 2.85. The number of aliphatic imine (C=N–C) groups is 1. The van der Waals surface area contributed by atoms with E-state index in [-0.39, 0.29) is 29.9 Å². The second-order valence-electron chi connectivity index (χ2n) is 9.36. The minimum absolute atomic E-state index is 0.138. The van der Waals surface area contributed by atoms with Gasteiger partial charge < -0.3 is 14.4 Å². The number of carbonyl (C=O) groups excluding carboxylic acids is 1. The molecule has 1 aliphatic carbocycles. The lowest BCUT2D eigenvalue weighted by molar-refractivity contribution is -0.152. The molecule has 162 valence electrons. The first kappa shape index (κ1) is 21.1. The molecule has 5 atom stereocenters. The maximum Gasteiger partial charge on any atom is 0.232 e.